The van der Waals surface area contributed by atoms with Gasteiger partial charge in [0.25, 0.3) is 0 Å². The zero-order chi connectivity index (χ0) is 12.6. The number of halogens is 4. The fourth-order valence-electron chi connectivity index (χ4n) is 1.25. The molecule has 8 heteroatoms. The van der Waals surface area contributed by atoms with Crippen LogP contribution in [-0.2, 0) is 3.07 Å². The standard InChI is InChI=1S/C9H4F3IN2O2/c10-9(11,12)8(15-14)13-6-4-2-1-3-5(6)7(16)17-13/h1-4H. The Balaban J connectivity index is 2.51. The number of hydrogen-bond acceptors (Lipinski definition) is 2. The Labute approximate surface area is 101 Å². The summed E-state index contributed by atoms with van der Waals surface area (Å²) >= 11 is -3.45. The summed E-state index contributed by atoms with van der Waals surface area (Å²) < 4.78 is 41.2. The third-order valence-corrected chi connectivity index (χ3v) is 6.50. The molecule has 17 heavy (non-hydrogen) atoms. The maximum absolute atomic E-state index is 12.6. The predicted molar refractivity (Wildman–Crippen MR) is 59.3 cm³/mol. The van der Waals surface area contributed by atoms with Crippen LogP contribution in [-0.4, -0.2) is 20.7 Å². The minimum atomic E-state index is -4.79. The first-order chi connectivity index (χ1) is 7.95. The van der Waals surface area contributed by atoms with Gasteiger partial charge in [0.15, 0.2) is 0 Å². The van der Waals surface area contributed by atoms with Crippen molar-refractivity contribution in [2.24, 2.45) is 0 Å². The fraction of sp³-hybridized carbons (Fsp3) is 0.111. The van der Waals surface area contributed by atoms with E-state index in [9.17, 15) is 18.0 Å². The van der Waals surface area contributed by atoms with Gasteiger partial charge in [-0.1, -0.05) is 0 Å². The van der Waals surface area contributed by atoms with E-state index in [0.717, 1.165) is 0 Å². The number of carbonyl (C=O) groups excluding carboxylic acids is 1. The molecular formula is C9H4F3IN2O2. The number of fused-ring (bicyclic) bond motifs is 1. The zero-order valence-corrected chi connectivity index (χ0v) is 10.2. The van der Waals surface area contributed by atoms with Crippen molar-refractivity contribution >= 4 is 29.9 Å². The molecule has 0 aliphatic carbocycles. The van der Waals surface area contributed by atoms with Crippen LogP contribution in [0.1, 0.15) is 10.4 Å². The van der Waals surface area contributed by atoms with Crippen molar-refractivity contribution in [3.05, 3.63) is 38.9 Å². The summed E-state index contributed by atoms with van der Waals surface area (Å²) in [5.41, 5.74) is 8.56. The van der Waals surface area contributed by atoms with Crippen molar-refractivity contribution < 1.29 is 25.8 Å². The quantitative estimate of drug-likeness (QED) is 0.336. The van der Waals surface area contributed by atoms with Gasteiger partial charge in [-0.2, -0.15) is 0 Å². The molecule has 0 spiro atoms. The zero-order valence-electron chi connectivity index (χ0n) is 8.03. The Morgan fingerprint density at radius 1 is 1.35 bits per heavy atom. The summed E-state index contributed by atoms with van der Waals surface area (Å²) in [6.45, 7) is 0. The van der Waals surface area contributed by atoms with E-state index < -0.39 is 36.1 Å². The molecule has 4 nitrogen and oxygen atoms in total. The van der Waals surface area contributed by atoms with Crippen molar-refractivity contribution in [1.29, 1.82) is 0 Å². The topological polar surface area (TPSA) is 62.7 Å². The molecule has 0 aromatic heterocycles. The molecule has 1 aromatic carbocycles. The monoisotopic (exact) mass is 356 g/mol. The predicted octanol–water partition coefficient (Wildman–Crippen LogP) is 2.64. The van der Waals surface area contributed by atoms with E-state index in [1.54, 1.807) is 0 Å². The summed E-state index contributed by atoms with van der Waals surface area (Å²) in [5, 5.41) is 0. The first kappa shape index (κ1) is 12.1. The minimum absolute atomic E-state index is 0.114. The van der Waals surface area contributed by atoms with Gasteiger partial charge < -0.3 is 0 Å². The normalized spacial score (nSPS) is 16.2. The third kappa shape index (κ3) is 2.05. The van der Waals surface area contributed by atoms with Gasteiger partial charge in [0.1, 0.15) is 0 Å². The van der Waals surface area contributed by atoms with Gasteiger partial charge >= 0.3 is 101 Å². The molecule has 0 N–H and O–H groups in total. The molecule has 0 amide bonds. The summed E-state index contributed by atoms with van der Waals surface area (Å²) in [4.78, 5) is 13.6. The van der Waals surface area contributed by atoms with Crippen molar-refractivity contribution in [2.45, 2.75) is 6.18 Å². The molecule has 2 rings (SSSR count). The van der Waals surface area contributed by atoms with Gasteiger partial charge in [-0.3, -0.25) is 0 Å². The summed E-state index contributed by atoms with van der Waals surface area (Å²) in [6, 6.07) is 5.82. The number of benzene rings is 1. The van der Waals surface area contributed by atoms with Gasteiger partial charge in [-0.05, 0) is 0 Å². The van der Waals surface area contributed by atoms with Crippen molar-refractivity contribution in [1.82, 2.24) is 0 Å². The molecule has 1 aromatic rings. The van der Waals surface area contributed by atoms with Crippen LogP contribution >= 0.6 is 20.2 Å². The number of carbonyl (C=O) groups is 1. The maximum atomic E-state index is 12.6. The Kier molecular flexibility index (Phi) is 2.92. The molecule has 0 radical (unpaired) electrons. The van der Waals surface area contributed by atoms with Crippen LogP contribution < -0.4 is 0 Å². The molecule has 0 bridgehead atoms. The van der Waals surface area contributed by atoms with Crippen molar-refractivity contribution in [3.8, 4) is 0 Å². The number of alkyl halides is 3. The first-order valence-corrected chi connectivity index (χ1v) is 7.30. The molecular weight excluding hydrogens is 352 g/mol. The number of hydrogen-bond donors (Lipinski definition) is 0. The van der Waals surface area contributed by atoms with Crippen LogP contribution in [0, 0.1) is 3.57 Å². The van der Waals surface area contributed by atoms with E-state index in [4.69, 9.17) is 8.60 Å². The fourth-order valence-corrected chi connectivity index (χ4v) is 5.10. The second-order valence-electron chi connectivity index (χ2n) is 2.98. The Bertz CT molecular complexity index is 537. The van der Waals surface area contributed by atoms with E-state index in [1.165, 1.54) is 24.3 Å². The van der Waals surface area contributed by atoms with Gasteiger partial charge in [-0.25, -0.2) is 0 Å². The average Bonchev–Trinajstić information content (AvgIpc) is 2.56. The van der Waals surface area contributed by atoms with E-state index in [-0.39, 0.29) is 9.13 Å². The summed E-state index contributed by atoms with van der Waals surface area (Å²) in [6.07, 6.45) is -4.79. The van der Waals surface area contributed by atoms with Crippen molar-refractivity contribution in [2.75, 3.05) is 0 Å². The molecule has 1 aliphatic heterocycles. The summed E-state index contributed by atoms with van der Waals surface area (Å²) in [7, 11) is 0. The van der Waals surface area contributed by atoms with Gasteiger partial charge in [0.2, 0.25) is 0 Å². The molecule has 90 valence electrons. The number of rotatable bonds is 1. The van der Waals surface area contributed by atoms with Crippen LogP contribution in [0.15, 0.2) is 24.3 Å². The molecule has 0 fully saturated rings. The Morgan fingerprint density at radius 3 is 2.59 bits per heavy atom. The molecule has 0 saturated carbocycles. The van der Waals surface area contributed by atoms with Crippen LogP contribution in [0.4, 0.5) is 13.2 Å². The molecule has 1 heterocycles. The Hall–Kier alpha value is -1.41. The van der Waals surface area contributed by atoms with Crippen molar-refractivity contribution in [3.63, 3.8) is 0 Å². The Morgan fingerprint density at radius 2 is 2.00 bits per heavy atom. The molecule has 0 unspecified atom stereocenters. The number of nitrogens with zero attached hydrogens (tertiary/aromatic N) is 2. The van der Waals surface area contributed by atoms with E-state index >= 15 is 0 Å². The third-order valence-electron chi connectivity index (χ3n) is 1.91. The van der Waals surface area contributed by atoms with Gasteiger partial charge in [0, 0.05) is 0 Å². The first-order valence-electron chi connectivity index (χ1n) is 4.26. The molecule has 1 aliphatic rings. The van der Waals surface area contributed by atoms with Gasteiger partial charge in [0.05, 0.1) is 0 Å². The average molecular weight is 356 g/mol. The summed E-state index contributed by atoms with van der Waals surface area (Å²) in [5.74, 6) is -0.795. The second kappa shape index (κ2) is 4.11. The van der Waals surface area contributed by atoms with Crippen LogP contribution in [0.2, 0.25) is 0 Å². The van der Waals surface area contributed by atoms with E-state index in [0.29, 0.717) is 0 Å². The van der Waals surface area contributed by atoms with Crippen LogP contribution in [0.3, 0.4) is 0 Å². The van der Waals surface area contributed by atoms with E-state index in [2.05, 4.69) is 4.79 Å². The molecule has 0 atom stereocenters. The van der Waals surface area contributed by atoms with Gasteiger partial charge in [-0.15, -0.1) is 0 Å². The SMILES string of the molecule is [N-]=[N+]=C(I1OC(=O)c2ccccc21)C(F)(F)F. The van der Waals surface area contributed by atoms with Crippen LogP contribution in [0.25, 0.3) is 5.53 Å². The van der Waals surface area contributed by atoms with Crippen LogP contribution in [0.5, 0.6) is 0 Å². The molecule has 0 saturated heterocycles. The van der Waals surface area contributed by atoms with E-state index in [1.807, 2.05) is 0 Å². The second-order valence-corrected chi connectivity index (χ2v) is 7.03.